The number of hydrogen-bond acceptors (Lipinski definition) is 3. The smallest absolute Gasteiger partial charge is 0.246 e. The van der Waals surface area contributed by atoms with Crippen LogP contribution in [0.25, 0.3) is 0 Å². The first-order valence-electron chi connectivity index (χ1n) is 5.35. The Balaban J connectivity index is 2.17. The van der Waals surface area contributed by atoms with Gasteiger partial charge in [0.1, 0.15) is 11.9 Å². The number of carbonyl (C=O) groups excluding carboxylic acids is 1. The molecule has 2 unspecified atom stereocenters. The molecule has 1 amide bonds. The van der Waals surface area contributed by atoms with E-state index in [9.17, 15) is 9.18 Å². The van der Waals surface area contributed by atoms with Crippen molar-refractivity contribution in [1.29, 1.82) is 5.26 Å². The van der Waals surface area contributed by atoms with Crippen molar-refractivity contribution in [2.75, 3.05) is 11.9 Å². The number of nitrogens with zero attached hydrogens (tertiary/aromatic N) is 1. The largest absolute Gasteiger partial charge is 0.324 e. The highest BCUT2D eigenvalue weighted by Crippen LogP contribution is 2.31. The lowest BCUT2D eigenvalue weighted by Gasteiger charge is -2.12. The van der Waals surface area contributed by atoms with Gasteiger partial charge in [-0.15, -0.1) is 0 Å². The van der Waals surface area contributed by atoms with E-state index in [-0.39, 0.29) is 17.6 Å². The molecule has 0 saturated carbocycles. The maximum atomic E-state index is 13.1. The molecule has 4 nitrogen and oxygen atoms in total. The SMILES string of the molecule is CC(C#N)CNC1C(=O)Nc2ccc(F)cc21. The zero-order valence-electron chi connectivity index (χ0n) is 9.33. The number of rotatable bonds is 3. The third-order valence-electron chi connectivity index (χ3n) is 2.69. The molecule has 0 aromatic heterocycles. The highest BCUT2D eigenvalue weighted by Gasteiger charge is 2.30. The molecule has 5 heteroatoms. The summed E-state index contributed by atoms with van der Waals surface area (Å²) in [6, 6.07) is 5.68. The van der Waals surface area contributed by atoms with Crippen molar-refractivity contribution >= 4 is 11.6 Å². The summed E-state index contributed by atoms with van der Waals surface area (Å²) in [6.07, 6.45) is 0. The summed E-state index contributed by atoms with van der Waals surface area (Å²) in [4.78, 5) is 11.7. The average molecular weight is 233 g/mol. The van der Waals surface area contributed by atoms with Gasteiger partial charge < -0.3 is 10.6 Å². The highest BCUT2D eigenvalue weighted by atomic mass is 19.1. The van der Waals surface area contributed by atoms with Crippen LogP contribution in [0, 0.1) is 23.1 Å². The van der Waals surface area contributed by atoms with E-state index in [4.69, 9.17) is 5.26 Å². The molecule has 1 aromatic carbocycles. The van der Waals surface area contributed by atoms with Crippen LogP contribution >= 0.6 is 0 Å². The predicted octanol–water partition coefficient (Wildman–Crippen LogP) is 1.57. The van der Waals surface area contributed by atoms with Crippen molar-refractivity contribution in [2.45, 2.75) is 13.0 Å². The second-order valence-electron chi connectivity index (χ2n) is 4.09. The second kappa shape index (κ2) is 4.52. The fraction of sp³-hybridized carbons (Fsp3) is 0.333. The molecular formula is C12H12FN3O. The maximum Gasteiger partial charge on any atom is 0.246 e. The zero-order chi connectivity index (χ0) is 12.4. The van der Waals surface area contributed by atoms with E-state index >= 15 is 0 Å². The van der Waals surface area contributed by atoms with E-state index in [0.717, 1.165) is 0 Å². The Morgan fingerprint density at radius 1 is 1.65 bits per heavy atom. The lowest BCUT2D eigenvalue weighted by Crippen LogP contribution is -2.30. The van der Waals surface area contributed by atoms with Crippen molar-refractivity contribution in [3.63, 3.8) is 0 Å². The molecule has 17 heavy (non-hydrogen) atoms. The number of amides is 1. The third kappa shape index (κ3) is 2.27. The number of nitrogens with one attached hydrogen (secondary N) is 2. The Morgan fingerprint density at radius 2 is 2.41 bits per heavy atom. The van der Waals surface area contributed by atoms with Crippen LogP contribution in [0.4, 0.5) is 10.1 Å². The van der Waals surface area contributed by atoms with Gasteiger partial charge in [-0.1, -0.05) is 0 Å². The normalized spacial score (nSPS) is 19.4. The van der Waals surface area contributed by atoms with Gasteiger partial charge in [0.15, 0.2) is 0 Å². The number of benzene rings is 1. The molecule has 1 aromatic rings. The zero-order valence-corrected chi connectivity index (χ0v) is 9.33. The molecule has 0 aliphatic carbocycles. The van der Waals surface area contributed by atoms with Crippen molar-refractivity contribution in [3.05, 3.63) is 29.6 Å². The molecule has 0 spiro atoms. The molecule has 1 aliphatic heterocycles. The number of fused-ring (bicyclic) bond motifs is 1. The van der Waals surface area contributed by atoms with E-state index in [1.807, 2.05) is 0 Å². The number of anilines is 1. The minimum atomic E-state index is -0.573. The summed E-state index contributed by atoms with van der Waals surface area (Å²) >= 11 is 0. The summed E-state index contributed by atoms with van der Waals surface area (Å²) in [5.74, 6) is -0.781. The predicted molar refractivity (Wildman–Crippen MR) is 60.6 cm³/mol. The number of halogens is 1. The van der Waals surface area contributed by atoms with Crippen LogP contribution < -0.4 is 10.6 Å². The first-order chi connectivity index (χ1) is 8.11. The Morgan fingerprint density at radius 3 is 3.12 bits per heavy atom. The first kappa shape index (κ1) is 11.6. The topological polar surface area (TPSA) is 64.9 Å². The Hall–Kier alpha value is -1.93. The van der Waals surface area contributed by atoms with Gasteiger partial charge in [-0.3, -0.25) is 4.79 Å². The molecule has 2 atom stereocenters. The second-order valence-corrected chi connectivity index (χ2v) is 4.09. The van der Waals surface area contributed by atoms with Gasteiger partial charge in [0.05, 0.1) is 12.0 Å². The summed E-state index contributed by atoms with van der Waals surface area (Å²) in [5.41, 5.74) is 1.22. The van der Waals surface area contributed by atoms with E-state index in [1.54, 1.807) is 6.92 Å². The van der Waals surface area contributed by atoms with Gasteiger partial charge in [-0.05, 0) is 25.1 Å². The molecule has 2 N–H and O–H groups in total. The lowest BCUT2D eigenvalue weighted by atomic mass is 10.1. The average Bonchev–Trinajstić information content (AvgIpc) is 2.61. The van der Waals surface area contributed by atoms with Crippen LogP contribution in [-0.2, 0) is 4.79 Å². The molecule has 1 aliphatic rings. The minimum absolute atomic E-state index is 0.194. The Kier molecular flexibility index (Phi) is 3.07. The van der Waals surface area contributed by atoms with Crippen LogP contribution in [0.3, 0.4) is 0 Å². The number of nitriles is 1. The molecular weight excluding hydrogens is 221 g/mol. The van der Waals surface area contributed by atoms with Crippen molar-refractivity contribution in [2.24, 2.45) is 5.92 Å². The maximum absolute atomic E-state index is 13.1. The van der Waals surface area contributed by atoms with Crippen molar-refractivity contribution in [1.82, 2.24) is 5.32 Å². The Labute approximate surface area is 98.4 Å². The summed E-state index contributed by atoms with van der Waals surface area (Å²) in [5, 5.41) is 14.3. The van der Waals surface area contributed by atoms with Crippen LogP contribution in [0.5, 0.6) is 0 Å². The van der Waals surface area contributed by atoms with Gasteiger partial charge >= 0.3 is 0 Å². The quantitative estimate of drug-likeness (QED) is 0.832. The molecule has 2 rings (SSSR count). The summed E-state index contributed by atoms with van der Waals surface area (Å²) < 4.78 is 13.1. The summed E-state index contributed by atoms with van der Waals surface area (Å²) in [7, 11) is 0. The third-order valence-corrected chi connectivity index (χ3v) is 2.69. The fourth-order valence-corrected chi connectivity index (χ4v) is 1.78. The van der Waals surface area contributed by atoms with Gasteiger partial charge in [0.2, 0.25) is 5.91 Å². The minimum Gasteiger partial charge on any atom is -0.324 e. The van der Waals surface area contributed by atoms with Gasteiger partial charge in [0.25, 0.3) is 0 Å². The highest BCUT2D eigenvalue weighted by molar-refractivity contribution is 6.02. The fourth-order valence-electron chi connectivity index (χ4n) is 1.78. The van der Waals surface area contributed by atoms with Crippen LogP contribution in [0.2, 0.25) is 0 Å². The number of hydrogen-bond donors (Lipinski definition) is 2. The molecule has 0 radical (unpaired) electrons. The van der Waals surface area contributed by atoms with Gasteiger partial charge in [0, 0.05) is 17.8 Å². The van der Waals surface area contributed by atoms with E-state index in [0.29, 0.717) is 17.8 Å². The van der Waals surface area contributed by atoms with Crippen molar-refractivity contribution < 1.29 is 9.18 Å². The molecule has 0 bridgehead atoms. The van der Waals surface area contributed by atoms with E-state index < -0.39 is 6.04 Å². The van der Waals surface area contributed by atoms with Gasteiger partial charge in [-0.2, -0.15) is 5.26 Å². The van der Waals surface area contributed by atoms with Gasteiger partial charge in [-0.25, -0.2) is 4.39 Å². The monoisotopic (exact) mass is 233 g/mol. The van der Waals surface area contributed by atoms with Crippen molar-refractivity contribution in [3.8, 4) is 6.07 Å². The standard InChI is InChI=1S/C12H12FN3O/c1-7(5-14)6-15-11-9-4-8(13)2-3-10(9)16-12(11)17/h2-4,7,11,15H,6H2,1H3,(H,16,17). The molecule has 1 heterocycles. The number of carbonyl (C=O) groups is 1. The molecule has 0 saturated heterocycles. The van der Waals surface area contributed by atoms with E-state index in [2.05, 4.69) is 16.7 Å². The van der Waals surface area contributed by atoms with Crippen LogP contribution in [0.15, 0.2) is 18.2 Å². The summed E-state index contributed by atoms with van der Waals surface area (Å²) in [6.45, 7) is 2.15. The van der Waals surface area contributed by atoms with Crippen LogP contribution in [-0.4, -0.2) is 12.5 Å². The molecule has 88 valence electrons. The Bertz CT molecular complexity index is 495. The molecule has 0 fully saturated rings. The first-order valence-corrected chi connectivity index (χ1v) is 5.35. The lowest BCUT2D eigenvalue weighted by molar-refractivity contribution is -0.117. The van der Waals surface area contributed by atoms with E-state index in [1.165, 1.54) is 18.2 Å². The van der Waals surface area contributed by atoms with Crippen LogP contribution in [0.1, 0.15) is 18.5 Å².